The van der Waals surface area contributed by atoms with E-state index in [1.807, 2.05) is 69.8 Å². The van der Waals surface area contributed by atoms with Gasteiger partial charge in [-0.25, -0.2) is 4.79 Å². The van der Waals surface area contributed by atoms with E-state index in [1.54, 1.807) is 0 Å². The molecule has 1 aliphatic heterocycles. The summed E-state index contributed by atoms with van der Waals surface area (Å²) in [6.45, 7) is 3.03. The van der Waals surface area contributed by atoms with Gasteiger partial charge in [0, 0.05) is 30.7 Å². The van der Waals surface area contributed by atoms with Gasteiger partial charge < -0.3 is 10.2 Å². The Morgan fingerprint density at radius 3 is 2.26 bits per heavy atom. The molecule has 0 amide bonds. The molecule has 0 aliphatic carbocycles. The number of hydrogen-bond acceptors (Lipinski definition) is 2. The van der Waals surface area contributed by atoms with Crippen LogP contribution in [-0.4, -0.2) is 38.8 Å². The minimum atomic E-state index is 0.0668. The van der Waals surface area contributed by atoms with E-state index in [4.69, 9.17) is 23.8 Å². The van der Waals surface area contributed by atoms with Gasteiger partial charge in [-0.05, 0) is 66.9 Å². The molecule has 0 unspecified atom stereocenters. The molecule has 1 fully saturated rings. The molecule has 1 aliphatic rings. The number of hydrogen-bond donors (Lipinski definition) is 1. The number of para-hydroxylation sites is 2. The summed E-state index contributed by atoms with van der Waals surface area (Å²) in [5.74, 6) is 0. The highest BCUT2D eigenvalue weighted by molar-refractivity contribution is 7.80. The van der Waals surface area contributed by atoms with Crippen molar-refractivity contribution in [3.05, 3.63) is 105 Å². The van der Waals surface area contributed by atoms with Crippen LogP contribution in [0.15, 0.2) is 83.7 Å². The van der Waals surface area contributed by atoms with E-state index < -0.39 is 0 Å². The maximum absolute atomic E-state index is 13.6. The molecule has 1 aromatic heterocycles. The van der Waals surface area contributed by atoms with Crippen LogP contribution in [0, 0.1) is 0 Å². The average molecular weight is 505 g/mol. The lowest BCUT2D eigenvalue weighted by Gasteiger charge is -2.34. The summed E-state index contributed by atoms with van der Waals surface area (Å²) in [5, 5.41) is 4.93. The fourth-order valence-corrected chi connectivity index (χ4v) is 5.32. The van der Waals surface area contributed by atoms with Crippen molar-refractivity contribution in [3.8, 4) is 0 Å². The molecule has 5 rings (SSSR count). The lowest BCUT2D eigenvalue weighted by Crippen LogP contribution is -2.45. The topological polar surface area (TPSA) is 42.2 Å². The molecule has 0 spiro atoms. The zero-order valence-corrected chi connectivity index (χ0v) is 21.1. The minimum Gasteiger partial charge on any atom is -0.362 e. The maximum Gasteiger partial charge on any atom is 0.329 e. The fraction of sp³-hybridized carbons (Fsp3) is 0.286. The van der Waals surface area contributed by atoms with E-state index in [0.29, 0.717) is 6.54 Å². The van der Waals surface area contributed by atoms with Gasteiger partial charge in [-0.3, -0.25) is 9.13 Å². The Hall–Kier alpha value is -3.09. The summed E-state index contributed by atoms with van der Waals surface area (Å²) in [6.07, 6.45) is 2.67. The Bertz CT molecular complexity index is 1360. The molecule has 5 nitrogen and oxygen atoms in total. The first-order valence-electron chi connectivity index (χ1n) is 12.1. The molecule has 4 aromatic rings. The number of nitrogens with one attached hydrogen (secondary N) is 1. The highest BCUT2D eigenvalue weighted by Gasteiger charge is 2.26. The summed E-state index contributed by atoms with van der Waals surface area (Å²) < 4.78 is 3.91. The molecule has 2 heterocycles. The molecule has 1 N–H and O–H groups in total. The number of fused-ring (bicyclic) bond motifs is 1. The molecule has 0 radical (unpaired) electrons. The smallest absolute Gasteiger partial charge is 0.329 e. The molecule has 0 bridgehead atoms. The van der Waals surface area contributed by atoms with Gasteiger partial charge in [0.2, 0.25) is 0 Å². The summed E-state index contributed by atoms with van der Waals surface area (Å²) in [4.78, 5) is 15.8. The zero-order valence-electron chi connectivity index (χ0n) is 19.6. The van der Waals surface area contributed by atoms with E-state index >= 15 is 0 Å². The number of halogens is 1. The van der Waals surface area contributed by atoms with Gasteiger partial charge in [0.15, 0.2) is 5.11 Å². The first kappa shape index (κ1) is 23.6. The number of nitrogens with zero attached hydrogens (tertiary/aromatic N) is 3. The molecule has 0 atom stereocenters. The number of piperidine rings is 1. The number of aromatic nitrogens is 2. The quantitative estimate of drug-likeness (QED) is 0.364. The Kier molecular flexibility index (Phi) is 7.21. The second-order valence-electron chi connectivity index (χ2n) is 9.04. The Labute approximate surface area is 215 Å². The average Bonchev–Trinajstić information content (AvgIpc) is 3.17. The van der Waals surface area contributed by atoms with Crippen molar-refractivity contribution in [2.75, 3.05) is 19.6 Å². The third kappa shape index (κ3) is 5.29. The van der Waals surface area contributed by atoms with Gasteiger partial charge in [0.25, 0.3) is 0 Å². The van der Waals surface area contributed by atoms with Crippen molar-refractivity contribution in [2.24, 2.45) is 0 Å². The van der Waals surface area contributed by atoms with Gasteiger partial charge >= 0.3 is 5.69 Å². The van der Waals surface area contributed by atoms with Crippen LogP contribution in [0.3, 0.4) is 0 Å². The van der Waals surface area contributed by atoms with Crippen LogP contribution in [0.4, 0.5) is 0 Å². The van der Waals surface area contributed by atoms with Gasteiger partial charge in [0.05, 0.1) is 17.6 Å². The van der Waals surface area contributed by atoms with Gasteiger partial charge in [-0.2, -0.15) is 0 Å². The fourth-order valence-electron chi connectivity index (χ4n) is 4.91. The summed E-state index contributed by atoms with van der Waals surface area (Å²) in [6, 6.07) is 26.4. The Morgan fingerprint density at radius 1 is 0.886 bits per heavy atom. The van der Waals surface area contributed by atoms with Crippen molar-refractivity contribution < 1.29 is 0 Å². The highest BCUT2D eigenvalue weighted by atomic mass is 35.5. The predicted molar refractivity (Wildman–Crippen MR) is 147 cm³/mol. The Morgan fingerprint density at radius 2 is 1.54 bits per heavy atom. The number of likely N-dealkylation sites (tertiary alicyclic amines) is 1. The molecule has 0 saturated carbocycles. The number of rotatable bonds is 6. The van der Waals surface area contributed by atoms with Crippen LogP contribution in [0.5, 0.6) is 0 Å². The number of benzene rings is 3. The maximum atomic E-state index is 13.6. The van der Waals surface area contributed by atoms with Crippen LogP contribution in [0.1, 0.15) is 30.0 Å². The van der Waals surface area contributed by atoms with Crippen LogP contribution >= 0.6 is 23.8 Å². The standard InChI is InChI=1S/C28H29ClN4OS/c29-23-12-10-21(11-13-23)14-17-30-27(35)31-18-15-24(16-19-31)33-26-9-5-4-8-25(26)32(28(33)34)20-22-6-2-1-3-7-22/h1-13,24H,14-20H2,(H,30,35). The van der Waals surface area contributed by atoms with Crippen molar-refractivity contribution in [1.29, 1.82) is 0 Å². The summed E-state index contributed by atoms with van der Waals surface area (Å²) >= 11 is 11.6. The lowest BCUT2D eigenvalue weighted by molar-refractivity contribution is 0.263. The van der Waals surface area contributed by atoms with Crippen LogP contribution < -0.4 is 11.0 Å². The molecule has 35 heavy (non-hydrogen) atoms. The van der Waals surface area contributed by atoms with Crippen molar-refractivity contribution >= 4 is 40.0 Å². The largest absolute Gasteiger partial charge is 0.362 e. The van der Waals surface area contributed by atoms with E-state index in [9.17, 15) is 4.79 Å². The molecule has 180 valence electrons. The van der Waals surface area contributed by atoms with E-state index in [1.165, 1.54) is 5.56 Å². The minimum absolute atomic E-state index is 0.0668. The van der Waals surface area contributed by atoms with Crippen LogP contribution in [-0.2, 0) is 13.0 Å². The summed E-state index contributed by atoms with van der Waals surface area (Å²) in [7, 11) is 0. The van der Waals surface area contributed by atoms with Crippen molar-refractivity contribution in [2.45, 2.75) is 31.8 Å². The summed E-state index contributed by atoms with van der Waals surface area (Å²) in [5.41, 5.74) is 4.42. The van der Waals surface area contributed by atoms with Gasteiger partial charge in [-0.1, -0.05) is 66.2 Å². The molecule has 1 saturated heterocycles. The normalized spacial score (nSPS) is 14.4. The van der Waals surface area contributed by atoms with Crippen molar-refractivity contribution in [1.82, 2.24) is 19.4 Å². The van der Waals surface area contributed by atoms with Gasteiger partial charge in [-0.15, -0.1) is 0 Å². The molecule has 7 heteroatoms. The third-order valence-electron chi connectivity index (χ3n) is 6.77. The van der Waals surface area contributed by atoms with E-state index in [-0.39, 0.29) is 11.7 Å². The number of thiocarbonyl (C=S) groups is 1. The first-order chi connectivity index (χ1) is 17.1. The van der Waals surface area contributed by atoms with E-state index in [2.05, 4.69) is 28.4 Å². The molecular formula is C28H29ClN4OS. The first-order valence-corrected chi connectivity index (χ1v) is 12.9. The van der Waals surface area contributed by atoms with Gasteiger partial charge in [0.1, 0.15) is 0 Å². The SMILES string of the molecule is O=c1n(Cc2ccccc2)c2ccccc2n1C1CCN(C(=S)NCCc2ccc(Cl)cc2)CC1. The highest BCUT2D eigenvalue weighted by Crippen LogP contribution is 2.26. The second-order valence-corrected chi connectivity index (χ2v) is 9.86. The van der Waals surface area contributed by atoms with Crippen LogP contribution in [0.2, 0.25) is 5.02 Å². The second kappa shape index (κ2) is 10.7. The number of imidazole rings is 1. The Balaban J connectivity index is 1.24. The lowest BCUT2D eigenvalue weighted by atomic mass is 10.0. The molecule has 3 aromatic carbocycles. The third-order valence-corrected chi connectivity index (χ3v) is 7.43. The van der Waals surface area contributed by atoms with Crippen LogP contribution in [0.25, 0.3) is 11.0 Å². The predicted octanol–water partition coefficient (Wildman–Crippen LogP) is 5.26. The van der Waals surface area contributed by atoms with E-state index in [0.717, 1.165) is 65.6 Å². The van der Waals surface area contributed by atoms with Crippen molar-refractivity contribution in [3.63, 3.8) is 0 Å². The zero-order chi connectivity index (χ0) is 24.2. The monoisotopic (exact) mass is 504 g/mol. The molecular weight excluding hydrogens is 476 g/mol.